The predicted octanol–water partition coefficient (Wildman–Crippen LogP) is 3.49. The third-order valence-corrected chi connectivity index (χ3v) is 5.24. The van der Waals surface area contributed by atoms with Crippen molar-refractivity contribution in [3.8, 4) is 17.2 Å². The number of aromatic nitrogens is 2. The van der Waals surface area contributed by atoms with Crippen molar-refractivity contribution < 1.29 is 33.1 Å². The minimum Gasteiger partial charge on any atom is -0.489 e. The quantitative estimate of drug-likeness (QED) is 0.319. The Labute approximate surface area is 198 Å². The van der Waals surface area contributed by atoms with Crippen LogP contribution >= 0.6 is 0 Å². The van der Waals surface area contributed by atoms with E-state index in [9.17, 15) is 24.1 Å². The summed E-state index contributed by atoms with van der Waals surface area (Å²) >= 11 is 0. The van der Waals surface area contributed by atoms with Crippen LogP contribution in [0.15, 0.2) is 36.4 Å². The fourth-order valence-electron chi connectivity index (χ4n) is 3.61. The Balaban J connectivity index is 1.47. The molecule has 0 radical (unpaired) electrons. The summed E-state index contributed by atoms with van der Waals surface area (Å²) in [5, 5.41) is 18.2. The molecule has 2 aromatic carbocycles. The number of aryl methyl sites for hydroxylation is 1. The minimum absolute atomic E-state index is 0.114. The van der Waals surface area contributed by atoms with Crippen LogP contribution in [0.1, 0.15) is 28.2 Å². The number of nitro benzene ring substituents is 1. The summed E-state index contributed by atoms with van der Waals surface area (Å²) < 4.78 is 30.8. The first kappa shape index (κ1) is 23.7. The van der Waals surface area contributed by atoms with E-state index in [-0.39, 0.29) is 28.4 Å². The Morgan fingerprint density at radius 2 is 1.83 bits per heavy atom. The molecule has 1 N–H and O–H groups in total. The van der Waals surface area contributed by atoms with Crippen molar-refractivity contribution in [2.24, 2.45) is 0 Å². The molecular weight excluding hydrogens is 463 g/mol. The Morgan fingerprint density at radius 3 is 2.49 bits per heavy atom. The number of nitrogens with one attached hydrogen (secondary N) is 1. The second-order valence-electron chi connectivity index (χ2n) is 7.68. The Hall–Kier alpha value is -4.48. The van der Waals surface area contributed by atoms with Gasteiger partial charge >= 0.3 is 5.97 Å². The van der Waals surface area contributed by atoms with Crippen LogP contribution in [0.3, 0.4) is 0 Å². The molecule has 0 bridgehead atoms. The fourth-order valence-corrected chi connectivity index (χ4v) is 3.61. The van der Waals surface area contributed by atoms with Crippen molar-refractivity contribution in [2.75, 3.05) is 25.1 Å². The van der Waals surface area contributed by atoms with E-state index in [1.165, 1.54) is 41.1 Å². The van der Waals surface area contributed by atoms with Gasteiger partial charge in [-0.3, -0.25) is 14.9 Å². The van der Waals surface area contributed by atoms with Gasteiger partial charge < -0.3 is 19.5 Å². The second kappa shape index (κ2) is 9.79. The van der Waals surface area contributed by atoms with E-state index >= 15 is 0 Å². The highest BCUT2D eigenvalue weighted by atomic mass is 19.1. The van der Waals surface area contributed by atoms with Crippen LogP contribution < -0.4 is 14.8 Å². The van der Waals surface area contributed by atoms with Gasteiger partial charge in [0.05, 0.1) is 41.3 Å². The van der Waals surface area contributed by atoms with Gasteiger partial charge in [-0.15, -0.1) is 0 Å². The van der Waals surface area contributed by atoms with Crippen molar-refractivity contribution in [3.63, 3.8) is 0 Å². The predicted molar refractivity (Wildman–Crippen MR) is 121 cm³/mol. The van der Waals surface area contributed by atoms with Crippen LogP contribution in [0.4, 0.5) is 15.8 Å². The summed E-state index contributed by atoms with van der Waals surface area (Å²) in [6.45, 7) is 3.26. The molecule has 3 aromatic rings. The van der Waals surface area contributed by atoms with Gasteiger partial charge in [0.2, 0.25) is 0 Å². The maximum atomic E-state index is 13.2. The molecule has 0 spiro atoms. The first-order valence-corrected chi connectivity index (χ1v) is 10.6. The largest absolute Gasteiger partial charge is 0.489 e. The number of amides is 1. The molecule has 0 atom stereocenters. The van der Waals surface area contributed by atoms with Crippen LogP contribution in [0.5, 0.6) is 11.5 Å². The van der Waals surface area contributed by atoms with Crippen molar-refractivity contribution in [1.29, 1.82) is 0 Å². The van der Waals surface area contributed by atoms with E-state index < -0.39 is 29.2 Å². The molecule has 12 heteroatoms. The lowest BCUT2D eigenvalue weighted by molar-refractivity contribution is -0.384. The number of ether oxygens (including phenoxy) is 3. The highest BCUT2D eigenvalue weighted by Crippen LogP contribution is 2.39. The number of hydrogen-bond donors (Lipinski definition) is 1. The zero-order chi connectivity index (χ0) is 25.1. The molecule has 11 nitrogen and oxygen atoms in total. The first-order valence-electron chi connectivity index (χ1n) is 10.6. The van der Waals surface area contributed by atoms with Gasteiger partial charge in [0, 0.05) is 12.5 Å². The van der Waals surface area contributed by atoms with Crippen LogP contribution in [0.2, 0.25) is 0 Å². The molecule has 0 saturated heterocycles. The van der Waals surface area contributed by atoms with Crippen molar-refractivity contribution in [2.45, 2.75) is 20.3 Å². The third-order valence-electron chi connectivity index (χ3n) is 5.24. The molecule has 0 aliphatic carbocycles. The highest BCUT2D eigenvalue weighted by Gasteiger charge is 2.25. The number of carbonyl (C=O) groups excluding carboxylic acids is 2. The number of halogens is 1. The zero-order valence-electron chi connectivity index (χ0n) is 18.9. The molecule has 1 aliphatic heterocycles. The smallest absolute Gasteiger partial charge is 0.342 e. The van der Waals surface area contributed by atoms with E-state index in [2.05, 4.69) is 10.4 Å². The molecular formula is C23H21FN4O7. The summed E-state index contributed by atoms with van der Waals surface area (Å²) in [7, 11) is 0. The number of esters is 1. The zero-order valence-corrected chi connectivity index (χ0v) is 18.9. The number of nitrogens with zero attached hydrogens (tertiary/aromatic N) is 3. The summed E-state index contributed by atoms with van der Waals surface area (Å²) in [5.74, 6) is -1.51. The topological polar surface area (TPSA) is 135 Å². The third kappa shape index (κ3) is 5.05. The van der Waals surface area contributed by atoms with Crippen molar-refractivity contribution in [3.05, 3.63) is 69.3 Å². The Morgan fingerprint density at radius 1 is 1.17 bits per heavy atom. The van der Waals surface area contributed by atoms with Crippen LogP contribution in [-0.4, -0.2) is 46.4 Å². The van der Waals surface area contributed by atoms with Crippen LogP contribution in [-0.2, 0) is 9.53 Å². The maximum absolute atomic E-state index is 13.2. The molecule has 1 amide bonds. The van der Waals surface area contributed by atoms with E-state index in [0.29, 0.717) is 36.7 Å². The summed E-state index contributed by atoms with van der Waals surface area (Å²) in [6.07, 6.45) is 0.608. The first-order chi connectivity index (χ1) is 16.7. The average molecular weight is 484 g/mol. The number of rotatable bonds is 6. The van der Waals surface area contributed by atoms with Gasteiger partial charge in [0.15, 0.2) is 18.1 Å². The van der Waals surface area contributed by atoms with Gasteiger partial charge in [-0.1, -0.05) is 0 Å². The SMILES string of the molecule is Cc1nn(-c2ccc(F)cc2)c(C)c1C(=O)OCC(=O)Nc1cc2c(cc1[N+](=O)[O-])OCCCO2. The van der Waals surface area contributed by atoms with E-state index in [1.807, 2.05) is 0 Å². The van der Waals surface area contributed by atoms with Gasteiger partial charge in [0.25, 0.3) is 11.6 Å². The number of hydrogen-bond acceptors (Lipinski definition) is 8. The van der Waals surface area contributed by atoms with E-state index in [0.717, 1.165) is 0 Å². The van der Waals surface area contributed by atoms with Crippen LogP contribution in [0, 0.1) is 29.8 Å². The van der Waals surface area contributed by atoms with Gasteiger partial charge in [-0.05, 0) is 38.1 Å². The average Bonchev–Trinajstić information content (AvgIpc) is 2.97. The maximum Gasteiger partial charge on any atom is 0.342 e. The summed E-state index contributed by atoms with van der Waals surface area (Å²) in [6, 6.07) is 8.05. The molecule has 0 fully saturated rings. The Bertz CT molecular complexity index is 1300. The lowest BCUT2D eigenvalue weighted by Crippen LogP contribution is -2.22. The fraction of sp³-hybridized carbons (Fsp3) is 0.261. The number of fused-ring (bicyclic) bond motifs is 1. The minimum atomic E-state index is -0.795. The summed E-state index contributed by atoms with van der Waals surface area (Å²) in [4.78, 5) is 36.0. The molecule has 35 heavy (non-hydrogen) atoms. The number of nitro groups is 1. The van der Waals surface area contributed by atoms with Gasteiger partial charge in [-0.25, -0.2) is 13.9 Å². The molecule has 0 unspecified atom stereocenters. The number of benzene rings is 2. The monoisotopic (exact) mass is 484 g/mol. The van der Waals surface area contributed by atoms with Gasteiger partial charge in [0.1, 0.15) is 17.1 Å². The normalized spacial score (nSPS) is 12.5. The van der Waals surface area contributed by atoms with Gasteiger partial charge in [-0.2, -0.15) is 5.10 Å². The number of carbonyl (C=O) groups is 2. The standard InChI is InChI=1S/C23H21FN4O7/c1-13-22(14(2)27(26-13)16-6-4-15(24)5-7-16)23(30)35-12-21(29)25-17-10-19-20(11-18(17)28(31)32)34-9-3-8-33-19/h4-7,10-11H,3,8-9,12H2,1-2H3,(H,25,29). The second-order valence-corrected chi connectivity index (χ2v) is 7.68. The van der Waals surface area contributed by atoms with E-state index in [4.69, 9.17) is 14.2 Å². The lowest BCUT2D eigenvalue weighted by Gasteiger charge is -2.11. The molecule has 182 valence electrons. The number of anilines is 1. The molecule has 2 heterocycles. The summed E-state index contributed by atoms with van der Waals surface area (Å²) in [5.41, 5.74) is 1.00. The van der Waals surface area contributed by atoms with E-state index in [1.54, 1.807) is 13.8 Å². The molecule has 1 aromatic heterocycles. The molecule has 1 aliphatic rings. The van der Waals surface area contributed by atoms with Crippen LogP contribution in [0.25, 0.3) is 5.69 Å². The van der Waals surface area contributed by atoms with Crippen molar-refractivity contribution >= 4 is 23.3 Å². The Kier molecular flexibility index (Phi) is 6.62. The highest BCUT2D eigenvalue weighted by molar-refractivity contribution is 5.98. The van der Waals surface area contributed by atoms with Crippen molar-refractivity contribution in [1.82, 2.24) is 9.78 Å². The molecule has 4 rings (SSSR count). The lowest BCUT2D eigenvalue weighted by atomic mass is 10.2. The molecule has 0 saturated carbocycles.